The van der Waals surface area contributed by atoms with E-state index < -0.39 is 30.7 Å². The molecule has 2 N–H and O–H groups in total. The van der Waals surface area contributed by atoms with Crippen molar-refractivity contribution < 1.29 is 13.2 Å². The lowest BCUT2D eigenvalue weighted by Gasteiger charge is -2.20. The van der Waals surface area contributed by atoms with Crippen molar-refractivity contribution in [1.29, 1.82) is 0 Å². The molecule has 0 saturated carbocycles. The van der Waals surface area contributed by atoms with Gasteiger partial charge in [0.05, 0.1) is 24.3 Å². The highest BCUT2D eigenvalue weighted by molar-refractivity contribution is 5.43. The summed E-state index contributed by atoms with van der Waals surface area (Å²) in [5.74, 6) is -1.76. The molecule has 1 unspecified atom stereocenters. The molecule has 1 aliphatic heterocycles. The second kappa shape index (κ2) is 5.82. The largest absolute Gasteiger partial charge is 0.394 e. The molecule has 1 saturated heterocycles. The maximum absolute atomic E-state index is 12.6. The number of hydrogen-bond acceptors (Lipinski definition) is 4. The third-order valence-electron chi connectivity index (χ3n) is 3.47. The molecule has 2 rings (SSSR count). The third kappa shape index (κ3) is 3.30. The first kappa shape index (κ1) is 14.8. The van der Waals surface area contributed by atoms with Gasteiger partial charge in [-0.15, -0.1) is 0 Å². The van der Waals surface area contributed by atoms with Crippen LogP contribution in [0.25, 0.3) is 0 Å². The summed E-state index contributed by atoms with van der Waals surface area (Å²) in [7, 11) is 0. The summed E-state index contributed by atoms with van der Waals surface area (Å²) < 4.78 is 38.7. The fraction of sp³-hybridized carbons (Fsp3) is 0.667. The van der Waals surface area contributed by atoms with Gasteiger partial charge in [-0.25, -0.2) is 4.68 Å². The van der Waals surface area contributed by atoms with E-state index in [9.17, 15) is 18.0 Å². The Hall–Kier alpha value is -1.57. The van der Waals surface area contributed by atoms with Crippen LogP contribution in [0.5, 0.6) is 0 Å². The lowest BCUT2D eigenvalue weighted by Crippen LogP contribution is -2.37. The maximum atomic E-state index is 12.6. The quantitative estimate of drug-likeness (QED) is 0.898. The molecule has 5 nitrogen and oxygen atoms in total. The number of nitrogens with two attached hydrogens (primary N) is 1. The highest BCUT2D eigenvalue weighted by atomic mass is 19.4. The predicted molar refractivity (Wildman–Crippen MR) is 68.5 cm³/mol. The number of anilines is 1. The van der Waals surface area contributed by atoms with E-state index in [1.54, 1.807) is 0 Å². The van der Waals surface area contributed by atoms with Gasteiger partial charge in [0.15, 0.2) is 0 Å². The molecule has 0 aromatic carbocycles. The van der Waals surface area contributed by atoms with Crippen LogP contribution >= 0.6 is 0 Å². The molecule has 20 heavy (non-hydrogen) atoms. The van der Waals surface area contributed by atoms with Gasteiger partial charge >= 0.3 is 6.18 Å². The van der Waals surface area contributed by atoms with E-state index in [1.807, 2.05) is 4.90 Å². The molecule has 0 radical (unpaired) electrons. The van der Waals surface area contributed by atoms with E-state index >= 15 is 0 Å². The Balaban J connectivity index is 2.15. The zero-order chi connectivity index (χ0) is 14.8. The summed E-state index contributed by atoms with van der Waals surface area (Å²) >= 11 is 0. The number of rotatable bonds is 4. The molecule has 112 valence electrons. The van der Waals surface area contributed by atoms with Crippen molar-refractivity contribution in [1.82, 2.24) is 9.78 Å². The zero-order valence-electron chi connectivity index (χ0n) is 10.9. The number of halogens is 3. The Morgan fingerprint density at radius 1 is 1.35 bits per heavy atom. The molecule has 1 aromatic rings. The van der Waals surface area contributed by atoms with Crippen molar-refractivity contribution in [3.8, 4) is 0 Å². The Morgan fingerprint density at radius 3 is 2.50 bits per heavy atom. The van der Waals surface area contributed by atoms with Crippen LogP contribution in [0.2, 0.25) is 0 Å². The molecule has 0 bridgehead atoms. The van der Waals surface area contributed by atoms with Crippen LogP contribution < -0.4 is 16.2 Å². The Kier molecular flexibility index (Phi) is 4.32. The number of alkyl halides is 3. The SMILES string of the molecule is NCC(Cn1ncc(N2CCCC2)cc1=O)C(F)(F)F. The first-order chi connectivity index (χ1) is 9.41. The van der Waals surface area contributed by atoms with E-state index in [0.717, 1.165) is 30.6 Å². The van der Waals surface area contributed by atoms with Crippen molar-refractivity contribution in [2.75, 3.05) is 24.5 Å². The number of aromatic nitrogens is 2. The molecule has 1 atom stereocenters. The van der Waals surface area contributed by atoms with Gasteiger partial charge in [0.2, 0.25) is 0 Å². The molecule has 2 heterocycles. The molecule has 0 spiro atoms. The minimum Gasteiger partial charge on any atom is -0.370 e. The van der Waals surface area contributed by atoms with Crippen molar-refractivity contribution in [3.05, 3.63) is 22.6 Å². The van der Waals surface area contributed by atoms with E-state index in [2.05, 4.69) is 5.10 Å². The first-order valence-corrected chi connectivity index (χ1v) is 6.50. The van der Waals surface area contributed by atoms with Crippen molar-refractivity contribution in [2.45, 2.75) is 25.6 Å². The van der Waals surface area contributed by atoms with Crippen LogP contribution in [-0.4, -0.2) is 35.6 Å². The van der Waals surface area contributed by atoms with Gasteiger partial charge in [-0.1, -0.05) is 0 Å². The Bertz CT molecular complexity index is 508. The van der Waals surface area contributed by atoms with Crippen LogP contribution in [0.15, 0.2) is 17.1 Å². The molecule has 1 aromatic heterocycles. The maximum Gasteiger partial charge on any atom is 0.394 e. The van der Waals surface area contributed by atoms with Crippen molar-refractivity contribution in [3.63, 3.8) is 0 Å². The van der Waals surface area contributed by atoms with E-state index in [0.29, 0.717) is 5.69 Å². The Labute approximate surface area is 114 Å². The third-order valence-corrected chi connectivity index (χ3v) is 3.47. The molecular formula is C12H17F3N4O. The summed E-state index contributed by atoms with van der Waals surface area (Å²) in [5.41, 5.74) is 5.25. The zero-order valence-corrected chi connectivity index (χ0v) is 10.9. The standard InChI is InChI=1S/C12H17F3N4O/c13-12(14,15)9(6-16)8-19-11(20)5-10(7-17-19)18-3-1-2-4-18/h5,7,9H,1-4,6,8,16H2. The lowest BCUT2D eigenvalue weighted by atomic mass is 10.1. The van der Waals surface area contributed by atoms with Crippen LogP contribution in [-0.2, 0) is 6.54 Å². The van der Waals surface area contributed by atoms with Crippen LogP contribution in [0, 0.1) is 5.92 Å². The molecule has 8 heteroatoms. The lowest BCUT2D eigenvalue weighted by molar-refractivity contribution is -0.175. The predicted octanol–water partition coefficient (Wildman–Crippen LogP) is 0.981. The first-order valence-electron chi connectivity index (χ1n) is 6.50. The average molecular weight is 290 g/mol. The summed E-state index contributed by atoms with van der Waals surface area (Å²) in [6.45, 7) is 0.586. The van der Waals surface area contributed by atoms with Gasteiger partial charge < -0.3 is 10.6 Å². The highest BCUT2D eigenvalue weighted by Gasteiger charge is 2.39. The second-order valence-electron chi connectivity index (χ2n) is 4.90. The monoisotopic (exact) mass is 290 g/mol. The fourth-order valence-electron chi connectivity index (χ4n) is 2.23. The van der Waals surface area contributed by atoms with Crippen molar-refractivity contribution in [2.24, 2.45) is 11.7 Å². The topological polar surface area (TPSA) is 64.2 Å². The number of hydrogen-bond donors (Lipinski definition) is 1. The Morgan fingerprint density at radius 2 is 2.00 bits per heavy atom. The van der Waals surface area contributed by atoms with Gasteiger partial charge in [0.25, 0.3) is 5.56 Å². The summed E-state index contributed by atoms with van der Waals surface area (Å²) in [5, 5.41) is 3.83. The minimum absolute atomic E-state index is 0.530. The normalized spacial score (nSPS) is 17.5. The molecule has 0 aliphatic carbocycles. The average Bonchev–Trinajstić information content (AvgIpc) is 2.89. The second-order valence-corrected chi connectivity index (χ2v) is 4.90. The minimum atomic E-state index is -4.43. The van der Waals surface area contributed by atoms with Gasteiger partial charge in [-0.3, -0.25) is 4.79 Å². The van der Waals surface area contributed by atoms with E-state index in [4.69, 9.17) is 5.73 Å². The van der Waals surface area contributed by atoms with Crippen LogP contribution in [0.3, 0.4) is 0 Å². The van der Waals surface area contributed by atoms with Crippen LogP contribution in [0.1, 0.15) is 12.8 Å². The molecule has 1 aliphatic rings. The highest BCUT2D eigenvalue weighted by Crippen LogP contribution is 2.26. The van der Waals surface area contributed by atoms with Crippen LogP contribution in [0.4, 0.5) is 18.9 Å². The molecular weight excluding hydrogens is 273 g/mol. The van der Waals surface area contributed by atoms with Crippen molar-refractivity contribution >= 4 is 5.69 Å². The van der Waals surface area contributed by atoms with Gasteiger partial charge in [0, 0.05) is 25.7 Å². The van der Waals surface area contributed by atoms with E-state index in [-0.39, 0.29) is 0 Å². The summed E-state index contributed by atoms with van der Waals surface area (Å²) in [4.78, 5) is 13.8. The fourth-order valence-corrected chi connectivity index (χ4v) is 2.23. The summed E-state index contributed by atoms with van der Waals surface area (Å²) in [6.07, 6.45) is -0.890. The van der Waals surface area contributed by atoms with Gasteiger partial charge in [-0.05, 0) is 12.8 Å². The molecule has 0 amide bonds. The van der Waals surface area contributed by atoms with Gasteiger partial charge in [0.1, 0.15) is 0 Å². The molecule has 1 fully saturated rings. The smallest absolute Gasteiger partial charge is 0.370 e. The van der Waals surface area contributed by atoms with Gasteiger partial charge in [-0.2, -0.15) is 18.3 Å². The number of nitrogens with zero attached hydrogens (tertiary/aromatic N) is 3. The van der Waals surface area contributed by atoms with E-state index in [1.165, 1.54) is 12.3 Å². The summed E-state index contributed by atoms with van der Waals surface area (Å²) in [6, 6.07) is 1.34.